The van der Waals surface area contributed by atoms with Crippen molar-refractivity contribution in [2.45, 2.75) is 6.92 Å². The highest BCUT2D eigenvalue weighted by atomic mass is 79.9. The first-order chi connectivity index (χ1) is 8.09. The van der Waals surface area contributed by atoms with Gasteiger partial charge in [-0.15, -0.1) is 0 Å². The minimum Gasteiger partial charge on any atom is -0.287 e. The Labute approximate surface area is 106 Å². The molecule has 17 heavy (non-hydrogen) atoms. The molecule has 0 saturated carbocycles. The van der Waals surface area contributed by atoms with Gasteiger partial charge in [0.25, 0.3) is 0 Å². The van der Waals surface area contributed by atoms with E-state index < -0.39 is 11.6 Å². The van der Waals surface area contributed by atoms with Crippen molar-refractivity contribution in [2.24, 2.45) is 0 Å². The summed E-state index contributed by atoms with van der Waals surface area (Å²) in [6.45, 7) is 1.67. The van der Waals surface area contributed by atoms with Gasteiger partial charge in [-0.25, -0.2) is 14.4 Å². The van der Waals surface area contributed by atoms with Gasteiger partial charge in [-0.05, 0) is 41.1 Å². The number of carbonyl (C=O) groups is 1. The molecule has 0 radical (unpaired) electrons. The molecule has 0 aliphatic carbocycles. The SMILES string of the molecule is Cc1nccc(C(=O)c2cccc(Br)c2F)n1. The molecule has 2 rings (SSSR count). The molecule has 1 aromatic carbocycles. The molecule has 3 nitrogen and oxygen atoms in total. The third kappa shape index (κ3) is 2.39. The van der Waals surface area contributed by atoms with Gasteiger partial charge in [0.2, 0.25) is 5.78 Å². The summed E-state index contributed by atoms with van der Waals surface area (Å²) < 4.78 is 14.0. The van der Waals surface area contributed by atoms with Crippen LogP contribution in [0.2, 0.25) is 0 Å². The Bertz CT molecular complexity index is 586. The summed E-state index contributed by atoms with van der Waals surface area (Å²) in [5.41, 5.74) is 0.187. The predicted molar refractivity (Wildman–Crippen MR) is 64.3 cm³/mol. The first-order valence-corrected chi connectivity index (χ1v) is 5.67. The quantitative estimate of drug-likeness (QED) is 0.800. The van der Waals surface area contributed by atoms with Crippen molar-refractivity contribution in [2.75, 3.05) is 0 Å². The van der Waals surface area contributed by atoms with Gasteiger partial charge < -0.3 is 0 Å². The number of rotatable bonds is 2. The second kappa shape index (κ2) is 4.71. The highest BCUT2D eigenvalue weighted by molar-refractivity contribution is 9.10. The zero-order valence-corrected chi connectivity index (χ0v) is 10.5. The molecule has 0 saturated heterocycles. The standard InChI is InChI=1S/C12H8BrFN2O/c1-7-15-6-5-10(16-7)12(17)8-3-2-4-9(13)11(8)14/h2-6H,1H3. The Hall–Kier alpha value is -1.62. The monoisotopic (exact) mass is 294 g/mol. The molecule has 0 amide bonds. The molecule has 0 atom stereocenters. The topological polar surface area (TPSA) is 42.9 Å². The zero-order chi connectivity index (χ0) is 12.4. The van der Waals surface area contributed by atoms with Crippen LogP contribution < -0.4 is 0 Å². The molecular formula is C12H8BrFN2O. The van der Waals surface area contributed by atoms with Crippen LogP contribution in [0.4, 0.5) is 4.39 Å². The van der Waals surface area contributed by atoms with E-state index >= 15 is 0 Å². The number of halogens is 2. The summed E-state index contributed by atoms with van der Waals surface area (Å²) >= 11 is 3.04. The average molecular weight is 295 g/mol. The third-order valence-corrected chi connectivity index (χ3v) is 2.82. The molecule has 0 bridgehead atoms. The lowest BCUT2D eigenvalue weighted by atomic mass is 10.1. The maximum atomic E-state index is 13.7. The Morgan fingerprint density at radius 3 is 2.82 bits per heavy atom. The second-order valence-corrected chi connectivity index (χ2v) is 4.27. The van der Waals surface area contributed by atoms with Crippen LogP contribution in [-0.2, 0) is 0 Å². The number of aromatic nitrogens is 2. The minimum absolute atomic E-state index is 0.00234. The van der Waals surface area contributed by atoms with Crippen molar-refractivity contribution in [1.82, 2.24) is 9.97 Å². The number of benzene rings is 1. The number of ketones is 1. The highest BCUT2D eigenvalue weighted by Crippen LogP contribution is 2.20. The molecule has 5 heteroatoms. The molecule has 1 aromatic heterocycles. The van der Waals surface area contributed by atoms with E-state index in [9.17, 15) is 9.18 Å². The smallest absolute Gasteiger partial charge is 0.214 e. The largest absolute Gasteiger partial charge is 0.287 e. The molecule has 0 unspecified atom stereocenters. The van der Waals surface area contributed by atoms with Gasteiger partial charge in [0.1, 0.15) is 17.3 Å². The Morgan fingerprint density at radius 2 is 2.12 bits per heavy atom. The molecule has 0 spiro atoms. The first-order valence-electron chi connectivity index (χ1n) is 4.88. The number of aryl methyl sites for hydroxylation is 1. The third-order valence-electron chi connectivity index (χ3n) is 2.20. The van der Waals surface area contributed by atoms with E-state index in [2.05, 4.69) is 25.9 Å². The van der Waals surface area contributed by atoms with Gasteiger partial charge in [-0.2, -0.15) is 0 Å². The molecule has 1 heterocycles. The van der Waals surface area contributed by atoms with Gasteiger partial charge in [0.05, 0.1) is 10.0 Å². The maximum absolute atomic E-state index is 13.7. The molecule has 0 aliphatic rings. The Morgan fingerprint density at radius 1 is 1.35 bits per heavy atom. The van der Waals surface area contributed by atoms with Crippen LogP contribution in [0, 0.1) is 12.7 Å². The van der Waals surface area contributed by atoms with Gasteiger partial charge in [-0.1, -0.05) is 6.07 Å². The normalized spacial score (nSPS) is 10.3. The highest BCUT2D eigenvalue weighted by Gasteiger charge is 2.16. The van der Waals surface area contributed by atoms with E-state index in [0.717, 1.165) is 0 Å². The van der Waals surface area contributed by atoms with E-state index in [0.29, 0.717) is 5.82 Å². The van der Waals surface area contributed by atoms with Crippen LogP contribution in [0.15, 0.2) is 34.9 Å². The molecule has 0 fully saturated rings. The lowest BCUT2D eigenvalue weighted by molar-refractivity contribution is 0.103. The van der Waals surface area contributed by atoms with Crippen LogP contribution >= 0.6 is 15.9 Å². The predicted octanol–water partition coefficient (Wildman–Crippen LogP) is 2.92. The van der Waals surface area contributed by atoms with Gasteiger partial charge in [0, 0.05) is 6.20 Å². The van der Waals surface area contributed by atoms with Crippen LogP contribution in [0.1, 0.15) is 21.9 Å². The van der Waals surface area contributed by atoms with Crippen molar-refractivity contribution in [3.05, 3.63) is 57.8 Å². The fraction of sp³-hybridized carbons (Fsp3) is 0.0833. The molecule has 0 N–H and O–H groups in total. The second-order valence-electron chi connectivity index (χ2n) is 3.42. The minimum atomic E-state index is -0.575. The Balaban J connectivity index is 2.48. The lowest BCUT2D eigenvalue weighted by Crippen LogP contribution is -2.08. The average Bonchev–Trinajstić information content (AvgIpc) is 2.32. The van der Waals surface area contributed by atoms with Crippen LogP contribution in [0.25, 0.3) is 0 Å². The zero-order valence-electron chi connectivity index (χ0n) is 8.95. The van der Waals surface area contributed by atoms with E-state index in [-0.39, 0.29) is 15.7 Å². The maximum Gasteiger partial charge on any atom is 0.214 e. The fourth-order valence-corrected chi connectivity index (χ4v) is 1.77. The van der Waals surface area contributed by atoms with Crippen molar-refractivity contribution in [1.29, 1.82) is 0 Å². The number of hydrogen-bond acceptors (Lipinski definition) is 3. The van der Waals surface area contributed by atoms with E-state index in [1.165, 1.54) is 24.4 Å². The Kier molecular flexibility index (Phi) is 3.28. The van der Waals surface area contributed by atoms with Gasteiger partial charge in [-0.3, -0.25) is 4.79 Å². The summed E-state index contributed by atoms with van der Waals surface area (Å²) in [6.07, 6.45) is 1.48. The number of carbonyl (C=O) groups excluding carboxylic acids is 1. The van der Waals surface area contributed by atoms with E-state index in [1.807, 2.05) is 0 Å². The number of nitrogens with zero attached hydrogens (tertiary/aromatic N) is 2. The van der Waals surface area contributed by atoms with Crippen molar-refractivity contribution < 1.29 is 9.18 Å². The van der Waals surface area contributed by atoms with Crippen LogP contribution in [-0.4, -0.2) is 15.8 Å². The van der Waals surface area contributed by atoms with E-state index in [1.54, 1.807) is 13.0 Å². The van der Waals surface area contributed by atoms with Gasteiger partial charge >= 0.3 is 0 Å². The van der Waals surface area contributed by atoms with Gasteiger partial charge in [0.15, 0.2) is 0 Å². The molecule has 2 aromatic rings. The summed E-state index contributed by atoms with van der Waals surface area (Å²) in [7, 11) is 0. The summed E-state index contributed by atoms with van der Waals surface area (Å²) in [6, 6.07) is 6.04. The summed E-state index contributed by atoms with van der Waals surface area (Å²) in [5, 5.41) is 0. The molecule has 0 aliphatic heterocycles. The lowest BCUT2D eigenvalue weighted by Gasteiger charge is -2.03. The molecule has 86 valence electrons. The van der Waals surface area contributed by atoms with Crippen LogP contribution in [0.3, 0.4) is 0 Å². The summed E-state index contributed by atoms with van der Waals surface area (Å²) in [5.74, 6) is -0.547. The summed E-state index contributed by atoms with van der Waals surface area (Å²) in [4.78, 5) is 19.9. The van der Waals surface area contributed by atoms with Crippen LogP contribution in [0.5, 0.6) is 0 Å². The first kappa shape index (κ1) is 11.9. The van der Waals surface area contributed by atoms with E-state index in [4.69, 9.17) is 0 Å². The molecular weight excluding hydrogens is 287 g/mol. The van der Waals surface area contributed by atoms with Crippen molar-refractivity contribution >= 4 is 21.7 Å². The fourth-order valence-electron chi connectivity index (χ4n) is 1.40. The van der Waals surface area contributed by atoms with Crippen molar-refractivity contribution in [3.8, 4) is 0 Å². The van der Waals surface area contributed by atoms with Crippen molar-refractivity contribution in [3.63, 3.8) is 0 Å². The number of hydrogen-bond donors (Lipinski definition) is 0.